The minimum atomic E-state index is -0.504. The summed E-state index contributed by atoms with van der Waals surface area (Å²) in [5.41, 5.74) is 5.14. The highest BCUT2D eigenvalue weighted by Crippen LogP contribution is 2.26. The number of pyridine rings is 2. The summed E-state index contributed by atoms with van der Waals surface area (Å²) < 4.78 is 8.92. The van der Waals surface area contributed by atoms with Gasteiger partial charge in [-0.25, -0.2) is 23.8 Å². The number of amides is 1. The number of likely N-dealkylation sites (tertiary alicyclic amines) is 1. The molecule has 16 heteroatoms. The van der Waals surface area contributed by atoms with Crippen molar-refractivity contribution in [2.24, 2.45) is 0 Å². The molecule has 0 spiro atoms. The van der Waals surface area contributed by atoms with Crippen LogP contribution < -0.4 is 16.0 Å². The molecule has 0 radical (unpaired) electrons. The Balaban J connectivity index is 0.000000171. The van der Waals surface area contributed by atoms with Crippen molar-refractivity contribution in [3.05, 3.63) is 84.4 Å². The molecule has 15 nitrogen and oxygen atoms in total. The van der Waals surface area contributed by atoms with Crippen molar-refractivity contribution in [2.45, 2.75) is 64.1 Å². The van der Waals surface area contributed by atoms with Gasteiger partial charge in [-0.05, 0) is 77.3 Å². The lowest BCUT2D eigenvalue weighted by Gasteiger charge is -2.34. The highest BCUT2D eigenvalue weighted by Gasteiger charge is 2.28. The topological polar surface area (TPSA) is 176 Å². The largest absolute Gasteiger partial charge is 0.444 e. The minimum Gasteiger partial charge on any atom is -0.444 e. The number of carbonyl (C=O) groups is 1. The van der Waals surface area contributed by atoms with Crippen LogP contribution >= 0.6 is 11.6 Å². The lowest BCUT2D eigenvalue weighted by molar-refractivity contribution is 0.0206. The van der Waals surface area contributed by atoms with Crippen molar-refractivity contribution in [3.8, 4) is 28.6 Å². The third kappa shape index (κ3) is 8.84. The predicted molar refractivity (Wildman–Crippen MR) is 206 cm³/mol. The normalized spacial score (nSPS) is 17.4. The highest BCUT2D eigenvalue weighted by molar-refractivity contribution is 6.30. The van der Waals surface area contributed by atoms with Gasteiger partial charge in [-0.3, -0.25) is 9.97 Å². The molecule has 3 N–H and O–H groups in total. The smallest absolute Gasteiger partial charge is 0.410 e. The summed E-state index contributed by atoms with van der Waals surface area (Å²) in [6.45, 7) is 8.91. The molecule has 2 aliphatic rings. The SMILES string of the molecule is CC(C)(C)OC(=O)N1CCC[C@@H](Nc2cncc(-c3cnn4cc(Cl)ccc34)n2)C1.N#Cc1ccc2c(-c3cncc(N[C@@H]4CCCNC4)n3)cnn2c1. The number of anilines is 2. The number of halogens is 1. The van der Waals surface area contributed by atoms with Gasteiger partial charge in [0, 0.05) is 55.2 Å². The average Bonchev–Trinajstić information content (AvgIpc) is 3.79. The van der Waals surface area contributed by atoms with Crippen LogP contribution in [0.1, 0.15) is 52.0 Å². The summed E-state index contributed by atoms with van der Waals surface area (Å²) in [7, 11) is 0. The van der Waals surface area contributed by atoms with Crippen molar-refractivity contribution in [3.63, 3.8) is 0 Å². The zero-order valence-electron chi connectivity index (χ0n) is 30.4. The average molecular weight is 748 g/mol. The number of hydrogen-bond acceptors (Lipinski definition) is 12. The van der Waals surface area contributed by atoms with Gasteiger partial charge in [0.2, 0.25) is 0 Å². The Morgan fingerprint density at radius 3 is 2.13 bits per heavy atom. The van der Waals surface area contributed by atoms with E-state index in [4.69, 9.17) is 26.6 Å². The van der Waals surface area contributed by atoms with E-state index in [9.17, 15) is 4.79 Å². The number of fused-ring (bicyclic) bond motifs is 2. The van der Waals surface area contributed by atoms with Crippen molar-refractivity contribution in [1.29, 1.82) is 5.26 Å². The number of carbonyl (C=O) groups excluding carboxylic acids is 1. The summed E-state index contributed by atoms with van der Waals surface area (Å²) in [6.07, 6.45) is 17.7. The number of aromatic nitrogens is 8. The number of ether oxygens (including phenoxy) is 1. The second-order valence-electron chi connectivity index (χ2n) is 14.3. The fourth-order valence-electron chi connectivity index (χ4n) is 6.52. The van der Waals surface area contributed by atoms with E-state index < -0.39 is 5.60 Å². The molecule has 2 saturated heterocycles. The van der Waals surface area contributed by atoms with Gasteiger partial charge < -0.3 is 25.6 Å². The molecule has 54 heavy (non-hydrogen) atoms. The number of piperidine rings is 2. The van der Waals surface area contributed by atoms with Crippen molar-refractivity contribution < 1.29 is 9.53 Å². The van der Waals surface area contributed by atoms with Crippen LogP contribution in [0.5, 0.6) is 0 Å². The Morgan fingerprint density at radius 2 is 1.50 bits per heavy atom. The van der Waals surface area contributed by atoms with E-state index in [1.807, 2.05) is 39.0 Å². The van der Waals surface area contributed by atoms with E-state index in [0.29, 0.717) is 35.5 Å². The van der Waals surface area contributed by atoms with Crippen molar-refractivity contribution in [1.82, 2.24) is 49.4 Å². The third-order valence-corrected chi connectivity index (χ3v) is 9.24. The zero-order chi connectivity index (χ0) is 37.7. The number of hydrogen-bond donors (Lipinski definition) is 3. The van der Waals surface area contributed by atoms with Crippen LogP contribution in [0.25, 0.3) is 33.5 Å². The molecule has 0 bridgehead atoms. The summed E-state index contributed by atoms with van der Waals surface area (Å²) in [6, 6.07) is 9.98. The Kier molecular flexibility index (Phi) is 10.8. The molecule has 2 aliphatic heterocycles. The Morgan fingerprint density at radius 1 is 0.870 bits per heavy atom. The minimum absolute atomic E-state index is 0.0820. The van der Waals surface area contributed by atoms with E-state index in [1.54, 1.807) is 69.6 Å². The predicted octanol–water partition coefficient (Wildman–Crippen LogP) is 6.08. The van der Waals surface area contributed by atoms with Crippen molar-refractivity contribution >= 4 is 40.4 Å². The second-order valence-corrected chi connectivity index (χ2v) is 14.8. The van der Waals surface area contributed by atoms with Gasteiger partial charge in [-0.2, -0.15) is 15.5 Å². The molecule has 8 rings (SSSR count). The summed E-state index contributed by atoms with van der Waals surface area (Å²) in [4.78, 5) is 32.2. The number of nitrogens with one attached hydrogen (secondary N) is 3. The van der Waals surface area contributed by atoms with E-state index in [-0.39, 0.29) is 12.1 Å². The highest BCUT2D eigenvalue weighted by atomic mass is 35.5. The Labute approximate surface area is 317 Å². The molecule has 0 saturated carbocycles. The van der Waals surface area contributed by atoms with Crippen LogP contribution in [0.4, 0.5) is 16.4 Å². The van der Waals surface area contributed by atoms with Crippen LogP contribution in [0, 0.1) is 11.3 Å². The van der Waals surface area contributed by atoms with E-state index in [2.05, 4.69) is 47.2 Å². The third-order valence-electron chi connectivity index (χ3n) is 9.02. The van der Waals surface area contributed by atoms with E-state index >= 15 is 0 Å². The maximum atomic E-state index is 12.4. The standard InChI is InChI=1S/C21H25ClN6O2.C17H17N7/c1-21(2,3)30-20(29)27-8-4-5-15(13-27)25-19-11-23-10-17(26-19)16-9-24-28-12-14(22)6-7-18(16)28;18-6-12-3-4-16-14(8-21-24(16)11-12)15-9-20-10-17(23-15)22-13-2-1-5-19-7-13/h6-7,9-12,15H,4-5,8,13H2,1-3H3,(H,25,26);3-4,8-11,13,19H,1-2,5,7H2,(H,22,23)/t15-;13-/m11/s1. The molecule has 278 valence electrons. The quantitative estimate of drug-likeness (QED) is 0.179. The van der Waals surface area contributed by atoms with Crippen LogP contribution in [-0.2, 0) is 4.74 Å². The number of rotatable bonds is 6. The van der Waals surface area contributed by atoms with Gasteiger partial charge in [-0.1, -0.05) is 11.6 Å². The Hall–Kier alpha value is -5.85. The molecule has 2 atom stereocenters. The summed E-state index contributed by atoms with van der Waals surface area (Å²) in [5, 5.41) is 28.5. The maximum Gasteiger partial charge on any atom is 0.410 e. The molecule has 6 aromatic rings. The van der Waals surface area contributed by atoms with Crippen molar-refractivity contribution in [2.75, 3.05) is 36.8 Å². The van der Waals surface area contributed by atoms with Gasteiger partial charge in [0.05, 0.1) is 70.2 Å². The monoisotopic (exact) mass is 747 g/mol. The molecular formula is C38H42ClN13O2. The van der Waals surface area contributed by atoms with E-state index in [1.165, 1.54) is 6.42 Å². The molecule has 2 fully saturated rings. The van der Waals surface area contributed by atoms with Gasteiger partial charge in [0.1, 0.15) is 23.3 Å². The molecule has 0 aromatic carbocycles. The Bertz CT molecular complexity index is 2290. The molecule has 6 aromatic heterocycles. The fourth-order valence-corrected chi connectivity index (χ4v) is 6.67. The fraction of sp³-hybridized carbons (Fsp3) is 0.368. The first-order valence-electron chi connectivity index (χ1n) is 18.0. The van der Waals surface area contributed by atoms with Crippen LogP contribution in [0.15, 0.2) is 73.8 Å². The molecule has 0 unspecified atom stereocenters. The van der Waals surface area contributed by atoms with E-state index in [0.717, 1.165) is 71.7 Å². The van der Waals surface area contributed by atoms with Crippen LogP contribution in [-0.4, -0.2) is 94.0 Å². The van der Waals surface area contributed by atoms with Gasteiger partial charge in [0.15, 0.2) is 0 Å². The summed E-state index contributed by atoms with van der Waals surface area (Å²) in [5.74, 6) is 1.44. The van der Waals surface area contributed by atoms with Gasteiger partial charge in [-0.15, -0.1) is 0 Å². The first kappa shape index (κ1) is 36.5. The number of nitrogens with zero attached hydrogens (tertiary/aromatic N) is 10. The molecule has 0 aliphatic carbocycles. The second kappa shape index (κ2) is 16.0. The van der Waals surface area contributed by atoms with Crippen LogP contribution in [0.2, 0.25) is 5.02 Å². The summed E-state index contributed by atoms with van der Waals surface area (Å²) >= 11 is 6.04. The first-order chi connectivity index (χ1) is 26.1. The first-order valence-corrected chi connectivity index (χ1v) is 18.4. The molecule has 1 amide bonds. The zero-order valence-corrected chi connectivity index (χ0v) is 31.2. The lowest BCUT2D eigenvalue weighted by Crippen LogP contribution is -2.47. The van der Waals surface area contributed by atoms with Gasteiger partial charge >= 0.3 is 6.09 Å². The van der Waals surface area contributed by atoms with Gasteiger partial charge in [0.25, 0.3) is 0 Å². The lowest BCUT2D eigenvalue weighted by atomic mass is 10.1. The molecular weight excluding hydrogens is 706 g/mol. The molecule has 8 heterocycles. The number of nitriles is 1. The van der Waals surface area contributed by atoms with Crippen LogP contribution in [0.3, 0.4) is 0 Å². The maximum absolute atomic E-state index is 12.4.